The van der Waals surface area contributed by atoms with Gasteiger partial charge in [0.15, 0.2) is 5.82 Å². The molecule has 2 aromatic rings. The maximum Gasteiger partial charge on any atom is 0.287 e. The molecule has 2 aliphatic rings. The number of carbonyl (C=O) groups is 2. The Morgan fingerprint density at radius 1 is 1.22 bits per heavy atom. The average molecular weight is 368 g/mol. The van der Waals surface area contributed by atoms with Crippen LogP contribution in [0.4, 0.5) is 0 Å². The molecule has 0 saturated heterocycles. The normalized spacial score (nSPS) is 15.7. The molecule has 142 valence electrons. The fourth-order valence-corrected chi connectivity index (χ4v) is 3.48. The van der Waals surface area contributed by atoms with E-state index in [1.54, 1.807) is 7.11 Å². The van der Waals surface area contributed by atoms with E-state index in [4.69, 9.17) is 4.74 Å². The van der Waals surface area contributed by atoms with Gasteiger partial charge in [-0.2, -0.15) is 0 Å². The maximum atomic E-state index is 12.8. The molecule has 7 nitrogen and oxygen atoms in total. The van der Waals surface area contributed by atoms with Gasteiger partial charge in [-0.3, -0.25) is 9.59 Å². The predicted octanol–water partition coefficient (Wildman–Crippen LogP) is 2.05. The van der Waals surface area contributed by atoms with E-state index in [1.807, 2.05) is 28.8 Å². The molecule has 1 aromatic heterocycles. The van der Waals surface area contributed by atoms with E-state index in [9.17, 15) is 9.59 Å². The molecule has 1 fully saturated rings. The van der Waals surface area contributed by atoms with Gasteiger partial charge in [0, 0.05) is 24.7 Å². The molecule has 2 heterocycles. The number of hydrogen-bond donors (Lipinski definition) is 2. The summed E-state index contributed by atoms with van der Waals surface area (Å²) in [5.41, 5.74) is 2.12. The van der Waals surface area contributed by atoms with E-state index in [1.165, 1.54) is 0 Å². The lowest BCUT2D eigenvalue weighted by atomic mass is 10.1. The first-order chi connectivity index (χ1) is 13.2. The number of ether oxygens (including phenoxy) is 1. The lowest BCUT2D eigenvalue weighted by Crippen LogP contribution is -2.29. The van der Waals surface area contributed by atoms with Crippen LogP contribution in [0.2, 0.25) is 0 Å². The lowest BCUT2D eigenvalue weighted by Gasteiger charge is -2.17. The van der Waals surface area contributed by atoms with Gasteiger partial charge in [-0.15, -0.1) is 0 Å². The van der Waals surface area contributed by atoms with Crippen LogP contribution < -0.4 is 15.4 Å². The van der Waals surface area contributed by atoms with E-state index in [2.05, 4.69) is 15.6 Å². The van der Waals surface area contributed by atoms with E-state index >= 15 is 0 Å². The van der Waals surface area contributed by atoms with Crippen molar-refractivity contribution in [1.82, 2.24) is 20.2 Å². The predicted molar refractivity (Wildman–Crippen MR) is 99.8 cm³/mol. The molecule has 1 saturated carbocycles. The molecule has 4 rings (SSSR count). The minimum absolute atomic E-state index is 0.176. The zero-order valence-corrected chi connectivity index (χ0v) is 15.5. The SMILES string of the molecule is COc1ccccc1CNC(=O)c1nc(C(=O)NC2CC2)n2c1CCCC2. The molecule has 0 atom stereocenters. The fourth-order valence-electron chi connectivity index (χ4n) is 3.48. The van der Waals surface area contributed by atoms with Crippen molar-refractivity contribution >= 4 is 11.8 Å². The Morgan fingerprint density at radius 2 is 2.04 bits per heavy atom. The van der Waals surface area contributed by atoms with Gasteiger partial charge in [-0.25, -0.2) is 4.98 Å². The molecule has 1 aliphatic heterocycles. The molecule has 1 aliphatic carbocycles. The summed E-state index contributed by atoms with van der Waals surface area (Å²) < 4.78 is 7.24. The van der Waals surface area contributed by atoms with Crippen LogP contribution in [0.5, 0.6) is 5.75 Å². The van der Waals surface area contributed by atoms with Crippen molar-refractivity contribution in [2.75, 3.05) is 7.11 Å². The summed E-state index contributed by atoms with van der Waals surface area (Å²) in [5, 5.41) is 5.89. The quantitative estimate of drug-likeness (QED) is 0.817. The molecule has 27 heavy (non-hydrogen) atoms. The third kappa shape index (κ3) is 3.67. The van der Waals surface area contributed by atoms with E-state index in [0.717, 1.165) is 55.7 Å². The van der Waals surface area contributed by atoms with Crippen molar-refractivity contribution in [1.29, 1.82) is 0 Å². The van der Waals surface area contributed by atoms with Gasteiger partial charge in [0.1, 0.15) is 11.4 Å². The van der Waals surface area contributed by atoms with Gasteiger partial charge in [0.05, 0.1) is 12.8 Å². The number of carbonyl (C=O) groups excluding carboxylic acids is 2. The Morgan fingerprint density at radius 3 is 2.81 bits per heavy atom. The number of rotatable bonds is 6. The van der Waals surface area contributed by atoms with Gasteiger partial charge in [-0.05, 0) is 38.2 Å². The molecular weight excluding hydrogens is 344 g/mol. The monoisotopic (exact) mass is 368 g/mol. The Labute approximate surface area is 158 Å². The molecule has 0 radical (unpaired) electrons. The topological polar surface area (TPSA) is 85.2 Å². The van der Waals surface area contributed by atoms with Crippen LogP contribution in [0.25, 0.3) is 0 Å². The summed E-state index contributed by atoms with van der Waals surface area (Å²) in [6.45, 7) is 1.08. The Kier molecular flexibility index (Phi) is 4.83. The highest BCUT2D eigenvalue weighted by Crippen LogP contribution is 2.24. The van der Waals surface area contributed by atoms with Crippen LogP contribution >= 0.6 is 0 Å². The third-order valence-corrected chi connectivity index (χ3v) is 5.08. The van der Waals surface area contributed by atoms with Crippen LogP contribution in [0, 0.1) is 0 Å². The van der Waals surface area contributed by atoms with Gasteiger partial charge >= 0.3 is 0 Å². The highest BCUT2D eigenvalue weighted by Gasteiger charge is 2.30. The largest absolute Gasteiger partial charge is 0.496 e. The summed E-state index contributed by atoms with van der Waals surface area (Å²) in [4.78, 5) is 29.8. The summed E-state index contributed by atoms with van der Waals surface area (Å²) in [6, 6.07) is 7.83. The lowest BCUT2D eigenvalue weighted by molar-refractivity contribution is 0.0935. The highest BCUT2D eigenvalue weighted by atomic mass is 16.5. The first-order valence-electron chi connectivity index (χ1n) is 9.47. The zero-order valence-electron chi connectivity index (χ0n) is 15.5. The van der Waals surface area contributed by atoms with Gasteiger partial charge in [0.25, 0.3) is 11.8 Å². The van der Waals surface area contributed by atoms with Crippen LogP contribution in [-0.4, -0.2) is 34.5 Å². The van der Waals surface area contributed by atoms with Crippen molar-refractivity contribution in [2.45, 2.75) is 51.2 Å². The van der Waals surface area contributed by atoms with Crippen molar-refractivity contribution in [3.63, 3.8) is 0 Å². The fraction of sp³-hybridized carbons (Fsp3) is 0.450. The molecule has 0 unspecified atom stereocenters. The summed E-state index contributed by atoms with van der Waals surface area (Å²) in [5.74, 6) is 0.662. The second-order valence-electron chi connectivity index (χ2n) is 7.08. The smallest absolute Gasteiger partial charge is 0.287 e. The minimum atomic E-state index is -0.253. The average Bonchev–Trinajstić information content (AvgIpc) is 3.42. The van der Waals surface area contributed by atoms with Crippen LogP contribution in [0.3, 0.4) is 0 Å². The number of nitrogens with zero attached hydrogens (tertiary/aromatic N) is 2. The van der Waals surface area contributed by atoms with Crippen LogP contribution in [0.15, 0.2) is 24.3 Å². The molecule has 2 amide bonds. The van der Waals surface area contributed by atoms with Crippen LogP contribution in [-0.2, 0) is 19.5 Å². The summed E-state index contributed by atoms with van der Waals surface area (Å²) >= 11 is 0. The second-order valence-corrected chi connectivity index (χ2v) is 7.08. The maximum absolute atomic E-state index is 12.8. The summed E-state index contributed by atoms with van der Waals surface area (Å²) in [6.07, 6.45) is 4.80. The molecule has 2 N–H and O–H groups in total. The molecule has 1 aromatic carbocycles. The first-order valence-corrected chi connectivity index (χ1v) is 9.47. The molecule has 0 bridgehead atoms. The van der Waals surface area contributed by atoms with E-state index in [-0.39, 0.29) is 17.9 Å². The number of imidazole rings is 1. The number of para-hydroxylation sites is 1. The number of methoxy groups -OCH3 is 1. The van der Waals surface area contributed by atoms with Gasteiger partial charge < -0.3 is 19.9 Å². The Balaban J connectivity index is 1.54. The van der Waals surface area contributed by atoms with Crippen molar-refractivity contribution in [3.8, 4) is 5.75 Å². The van der Waals surface area contributed by atoms with Gasteiger partial charge in [-0.1, -0.05) is 18.2 Å². The van der Waals surface area contributed by atoms with Crippen molar-refractivity contribution in [2.24, 2.45) is 0 Å². The van der Waals surface area contributed by atoms with Crippen molar-refractivity contribution < 1.29 is 14.3 Å². The third-order valence-electron chi connectivity index (χ3n) is 5.08. The van der Waals surface area contributed by atoms with E-state index < -0.39 is 0 Å². The standard InChI is InChI=1S/C20H24N4O3/c1-27-16-8-3-2-6-13(16)12-21-19(25)17-15-7-4-5-11-24(15)18(23-17)20(26)22-14-9-10-14/h2-3,6,8,14H,4-5,7,9-12H2,1H3,(H,21,25)(H,22,26). The Bertz CT molecular complexity index is 870. The second kappa shape index (κ2) is 7.42. The number of benzene rings is 1. The summed E-state index contributed by atoms with van der Waals surface area (Å²) in [7, 11) is 1.61. The van der Waals surface area contributed by atoms with Crippen LogP contribution in [0.1, 0.15) is 58.0 Å². The number of hydrogen-bond acceptors (Lipinski definition) is 4. The number of nitrogens with one attached hydrogen (secondary N) is 2. The zero-order chi connectivity index (χ0) is 18.8. The Hall–Kier alpha value is -2.83. The molecule has 0 spiro atoms. The highest BCUT2D eigenvalue weighted by molar-refractivity contribution is 5.97. The molecule has 7 heteroatoms. The number of fused-ring (bicyclic) bond motifs is 1. The molecular formula is C20H24N4O3. The first kappa shape index (κ1) is 17.6. The van der Waals surface area contributed by atoms with E-state index in [0.29, 0.717) is 18.1 Å². The van der Waals surface area contributed by atoms with Gasteiger partial charge in [0.2, 0.25) is 0 Å². The number of aromatic nitrogens is 2. The minimum Gasteiger partial charge on any atom is -0.496 e. The van der Waals surface area contributed by atoms with Crippen molar-refractivity contribution in [3.05, 3.63) is 47.0 Å². The number of amides is 2.